The summed E-state index contributed by atoms with van der Waals surface area (Å²) in [6.45, 7) is 14.1. The smallest absolute Gasteiger partial charge is 0.0697 e. The number of unbranched alkanes of at least 4 members (excludes halogenated alkanes) is 4. The number of hydrogen-bond acceptors (Lipinski definition) is 8. The molecule has 0 saturated heterocycles. The summed E-state index contributed by atoms with van der Waals surface area (Å²) in [7, 11) is 0. The van der Waals surface area contributed by atoms with Gasteiger partial charge < -0.3 is 39.4 Å². The minimum Gasteiger partial charge on any atom is -0.394 e. The average molecular weight is 564 g/mol. The van der Waals surface area contributed by atoms with Gasteiger partial charge >= 0.3 is 0 Å². The Morgan fingerprint density at radius 1 is 0.364 bits per heavy atom. The molecule has 0 aliphatic rings. The van der Waals surface area contributed by atoms with Crippen LogP contribution in [0.4, 0.5) is 0 Å². The van der Waals surface area contributed by atoms with Crippen molar-refractivity contribution in [3.05, 3.63) is 0 Å². The molecule has 0 fully saturated rings. The van der Waals surface area contributed by atoms with Crippen LogP contribution in [0, 0.1) is 0 Å². The van der Waals surface area contributed by atoms with Crippen LogP contribution in [0.5, 0.6) is 0 Å². The zero-order chi connectivity index (χ0) is 25.0. The molecule has 0 heterocycles. The van der Waals surface area contributed by atoms with Crippen molar-refractivity contribution in [3.8, 4) is 0 Å². The fourth-order valence-corrected chi connectivity index (χ4v) is 1.65. The predicted molar refractivity (Wildman–Crippen MR) is 131 cm³/mol. The SMILES string of the molecule is CCCCOCCO.CCCCOCCO.CCCCOCCO.CCCCOCCO.[Zr]. The van der Waals surface area contributed by atoms with Gasteiger partial charge in [-0.05, 0) is 25.7 Å². The van der Waals surface area contributed by atoms with Crippen LogP contribution in [-0.2, 0) is 45.2 Å². The van der Waals surface area contributed by atoms with Crippen LogP contribution in [0.2, 0.25) is 0 Å². The molecule has 0 aromatic carbocycles. The third-order valence-electron chi connectivity index (χ3n) is 3.51. The molecule has 0 aliphatic heterocycles. The molecule has 33 heavy (non-hydrogen) atoms. The molecule has 0 spiro atoms. The molecule has 0 unspecified atom stereocenters. The summed E-state index contributed by atoms with van der Waals surface area (Å²) in [6, 6.07) is 0. The summed E-state index contributed by atoms with van der Waals surface area (Å²) < 4.78 is 19.9. The predicted octanol–water partition coefficient (Wildman–Crippen LogP) is 3.18. The number of rotatable bonds is 20. The van der Waals surface area contributed by atoms with E-state index in [1.807, 2.05) is 0 Å². The van der Waals surface area contributed by atoms with Crippen LogP contribution in [0.1, 0.15) is 79.1 Å². The Hall–Kier alpha value is 0.563. The minimum atomic E-state index is 0. The van der Waals surface area contributed by atoms with Crippen molar-refractivity contribution in [2.75, 3.05) is 79.3 Å². The van der Waals surface area contributed by atoms with Gasteiger partial charge in [0.05, 0.1) is 52.9 Å². The van der Waals surface area contributed by atoms with Gasteiger partial charge in [0.1, 0.15) is 0 Å². The Morgan fingerprint density at radius 2 is 0.545 bits per heavy atom. The second-order valence-corrected chi connectivity index (χ2v) is 6.76. The van der Waals surface area contributed by atoms with Gasteiger partial charge in [-0.25, -0.2) is 0 Å². The fraction of sp³-hybridized carbons (Fsp3) is 1.00. The number of hydrogen-bond donors (Lipinski definition) is 4. The van der Waals surface area contributed by atoms with E-state index < -0.39 is 0 Å². The zero-order valence-corrected chi connectivity index (χ0v) is 24.5. The van der Waals surface area contributed by atoms with E-state index in [1.165, 1.54) is 0 Å². The summed E-state index contributed by atoms with van der Waals surface area (Å²) in [6.07, 6.45) is 9.02. The second kappa shape index (κ2) is 53.8. The van der Waals surface area contributed by atoms with Crippen molar-refractivity contribution in [1.82, 2.24) is 0 Å². The molecule has 9 heteroatoms. The van der Waals surface area contributed by atoms with Crippen LogP contribution in [0.3, 0.4) is 0 Å². The molecule has 0 radical (unpaired) electrons. The molecular weight excluding hydrogens is 507 g/mol. The van der Waals surface area contributed by atoms with Crippen molar-refractivity contribution < 1.29 is 65.6 Å². The maximum absolute atomic E-state index is 8.24. The van der Waals surface area contributed by atoms with E-state index in [4.69, 9.17) is 39.4 Å². The van der Waals surface area contributed by atoms with Gasteiger partial charge in [0.2, 0.25) is 0 Å². The van der Waals surface area contributed by atoms with Crippen LogP contribution in [0.25, 0.3) is 0 Å². The molecule has 0 saturated carbocycles. The van der Waals surface area contributed by atoms with E-state index in [0.29, 0.717) is 26.4 Å². The first-order valence-electron chi connectivity index (χ1n) is 12.4. The number of ether oxygens (including phenoxy) is 4. The Labute approximate surface area is 223 Å². The first-order chi connectivity index (χ1) is 15.7. The maximum atomic E-state index is 8.24. The van der Waals surface area contributed by atoms with Gasteiger partial charge in [0.15, 0.2) is 0 Å². The summed E-state index contributed by atoms with van der Waals surface area (Å²) in [5.41, 5.74) is 0. The fourth-order valence-electron chi connectivity index (χ4n) is 1.65. The Bertz CT molecular complexity index is 181. The molecule has 0 aromatic heterocycles. The molecular formula is C24H56O8Zr. The van der Waals surface area contributed by atoms with E-state index in [1.54, 1.807) is 0 Å². The molecule has 0 aromatic rings. The normalized spacial score (nSPS) is 9.45. The molecule has 0 amide bonds. The van der Waals surface area contributed by atoms with Crippen LogP contribution in [0.15, 0.2) is 0 Å². The molecule has 0 bridgehead atoms. The minimum absolute atomic E-state index is 0. The summed E-state index contributed by atoms with van der Waals surface area (Å²) in [5, 5.41) is 33.0. The van der Waals surface area contributed by atoms with E-state index in [-0.39, 0.29) is 52.6 Å². The zero-order valence-electron chi connectivity index (χ0n) is 22.1. The van der Waals surface area contributed by atoms with Crippen molar-refractivity contribution >= 4 is 0 Å². The summed E-state index contributed by atoms with van der Waals surface area (Å²) in [4.78, 5) is 0. The number of aliphatic hydroxyl groups excluding tert-OH is 4. The Kier molecular flexibility index (Phi) is 71.1. The van der Waals surface area contributed by atoms with Crippen molar-refractivity contribution in [2.45, 2.75) is 79.1 Å². The van der Waals surface area contributed by atoms with Crippen molar-refractivity contribution in [2.24, 2.45) is 0 Å². The van der Waals surface area contributed by atoms with Gasteiger partial charge in [0, 0.05) is 52.6 Å². The largest absolute Gasteiger partial charge is 0.394 e. The van der Waals surface area contributed by atoms with Gasteiger partial charge in [0.25, 0.3) is 0 Å². The van der Waals surface area contributed by atoms with E-state index in [9.17, 15) is 0 Å². The van der Waals surface area contributed by atoms with Gasteiger partial charge in [-0.1, -0.05) is 53.4 Å². The first-order valence-corrected chi connectivity index (χ1v) is 12.4. The molecule has 0 atom stereocenters. The van der Waals surface area contributed by atoms with Crippen LogP contribution < -0.4 is 0 Å². The average Bonchev–Trinajstić information content (AvgIpc) is 2.82. The standard InChI is InChI=1S/4C6H14O2.Zr/c4*1-2-3-5-8-6-4-7;/h4*7H,2-6H2,1H3;. The van der Waals surface area contributed by atoms with E-state index >= 15 is 0 Å². The van der Waals surface area contributed by atoms with E-state index in [2.05, 4.69) is 27.7 Å². The summed E-state index contributed by atoms with van der Waals surface area (Å²) >= 11 is 0. The van der Waals surface area contributed by atoms with Crippen molar-refractivity contribution in [1.29, 1.82) is 0 Å². The van der Waals surface area contributed by atoms with Gasteiger partial charge in [-0.3, -0.25) is 0 Å². The molecule has 0 aliphatic carbocycles. The topological polar surface area (TPSA) is 118 Å². The van der Waals surface area contributed by atoms with Gasteiger partial charge in [-0.15, -0.1) is 0 Å². The quantitative estimate of drug-likeness (QED) is 0.167. The molecule has 4 N–H and O–H groups in total. The van der Waals surface area contributed by atoms with E-state index in [0.717, 1.165) is 77.8 Å². The molecule has 204 valence electrons. The van der Waals surface area contributed by atoms with Crippen LogP contribution >= 0.6 is 0 Å². The first kappa shape index (κ1) is 43.6. The monoisotopic (exact) mass is 562 g/mol. The summed E-state index contributed by atoms with van der Waals surface area (Å²) in [5.74, 6) is 0. The Balaban J connectivity index is -0.000000105. The number of aliphatic hydroxyl groups is 4. The molecule has 8 nitrogen and oxygen atoms in total. The third-order valence-corrected chi connectivity index (χ3v) is 3.51. The van der Waals surface area contributed by atoms with Crippen LogP contribution in [-0.4, -0.2) is 99.7 Å². The van der Waals surface area contributed by atoms with Crippen molar-refractivity contribution in [3.63, 3.8) is 0 Å². The second-order valence-electron chi connectivity index (χ2n) is 6.76. The van der Waals surface area contributed by atoms with Gasteiger partial charge in [-0.2, -0.15) is 0 Å². The maximum Gasteiger partial charge on any atom is 0.0697 e. The molecule has 0 rings (SSSR count). The Morgan fingerprint density at radius 3 is 0.667 bits per heavy atom. The third kappa shape index (κ3) is 71.9.